The fraction of sp³-hybridized carbons (Fsp3) is 0.667. The van der Waals surface area contributed by atoms with Crippen LogP contribution in [-0.2, 0) is 31.1 Å². The molecule has 4 nitrogen and oxygen atoms in total. The molecule has 3 aliphatic rings. The van der Waals surface area contributed by atoms with Gasteiger partial charge in [0.25, 0.3) is 0 Å². The van der Waals surface area contributed by atoms with Gasteiger partial charge in [-0.2, -0.15) is 0 Å². The maximum atomic E-state index is 12.0. The van der Waals surface area contributed by atoms with Gasteiger partial charge < -0.3 is 4.74 Å². The number of rotatable bonds is 0. The second-order valence-electron chi connectivity index (χ2n) is 3.92. The highest BCUT2D eigenvalue weighted by atomic mass is 32.3. The zero-order valence-electron chi connectivity index (χ0n) is 7.88. The number of ketones is 1. The molecule has 0 saturated carbocycles. The molecule has 2 fully saturated rings. The number of carbonyl (C=O) groups is 1. The minimum atomic E-state index is -1.14. The van der Waals surface area contributed by atoms with Gasteiger partial charge in [0.2, 0.25) is 0 Å². The predicted molar refractivity (Wildman–Crippen MR) is 56.2 cm³/mol. The minimum Gasteiger partial charge on any atom is -0.360 e. The van der Waals surface area contributed by atoms with E-state index in [4.69, 9.17) is 4.74 Å². The smallest absolute Gasteiger partial charge is 0.184 e. The van der Waals surface area contributed by atoms with Crippen LogP contribution in [0.15, 0.2) is 12.2 Å². The van der Waals surface area contributed by atoms with Crippen molar-refractivity contribution in [3.63, 3.8) is 0 Å². The van der Waals surface area contributed by atoms with Crippen LogP contribution in [0.5, 0.6) is 0 Å². The molecule has 0 aromatic heterocycles. The van der Waals surface area contributed by atoms with Gasteiger partial charge in [-0.25, -0.2) is 0 Å². The Balaban J connectivity index is 2.09. The standard InChI is InChI=1S/C9H10O4S2/c10-6-1-2-8-9(5-7(6)13-8)14(11)3-4-15(9)12/h1-2,7-8H,3-5H2/t7-,8-,9?,14-,15+/m1/s1. The summed E-state index contributed by atoms with van der Waals surface area (Å²) in [5.41, 5.74) is 0. The summed E-state index contributed by atoms with van der Waals surface area (Å²) in [6.07, 6.45) is 2.52. The lowest BCUT2D eigenvalue weighted by Gasteiger charge is -2.24. The first kappa shape index (κ1) is 9.86. The summed E-state index contributed by atoms with van der Waals surface area (Å²) in [4.78, 5) is 11.4. The van der Waals surface area contributed by atoms with E-state index in [2.05, 4.69) is 0 Å². The zero-order chi connectivity index (χ0) is 10.6. The van der Waals surface area contributed by atoms with Crippen molar-refractivity contribution in [3.05, 3.63) is 12.2 Å². The van der Waals surface area contributed by atoms with Gasteiger partial charge in [-0.05, 0) is 12.2 Å². The Hall–Kier alpha value is -0.330. The molecule has 1 spiro atoms. The first-order valence-corrected chi connectivity index (χ1v) is 7.43. The highest BCUT2D eigenvalue weighted by molar-refractivity contribution is 8.07. The highest BCUT2D eigenvalue weighted by Crippen LogP contribution is 2.45. The average molecular weight is 246 g/mol. The van der Waals surface area contributed by atoms with Gasteiger partial charge in [-0.3, -0.25) is 13.2 Å². The summed E-state index contributed by atoms with van der Waals surface area (Å²) in [5.74, 6) is 0.826. The third-order valence-electron chi connectivity index (χ3n) is 3.19. The fourth-order valence-electron chi connectivity index (χ4n) is 2.40. The molecule has 0 aromatic rings. The van der Waals surface area contributed by atoms with Gasteiger partial charge in [0.05, 0.1) is 0 Å². The number of ether oxygens (including phenoxy) is 1. The number of hydrogen-bond acceptors (Lipinski definition) is 4. The van der Waals surface area contributed by atoms with Crippen molar-refractivity contribution in [1.29, 1.82) is 0 Å². The Morgan fingerprint density at radius 3 is 2.60 bits per heavy atom. The minimum absolute atomic E-state index is 0.0935. The quantitative estimate of drug-likeness (QED) is 0.577. The van der Waals surface area contributed by atoms with Crippen LogP contribution in [0, 0.1) is 0 Å². The van der Waals surface area contributed by atoms with E-state index in [0.717, 1.165) is 0 Å². The third-order valence-corrected chi connectivity index (χ3v) is 8.05. The molecule has 5 atom stereocenters. The van der Waals surface area contributed by atoms with E-state index < -0.39 is 37.9 Å². The Morgan fingerprint density at radius 1 is 1.33 bits per heavy atom. The fourth-order valence-corrected chi connectivity index (χ4v) is 7.09. The van der Waals surface area contributed by atoms with E-state index in [1.165, 1.54) is 6.08 Å². The van der Waals surface area contributed by atoms with Crippen molar-refractivity contribution < 1.29 is 17.9 Å². The maximum absolute atomic E-state index is 12.0. The van der Waals surface area contributed by atoms with E-state index in [-0.39, 0.29) is 5.78 Å². The van der Waals surface area contributed by atoms with Crippen molar-refractivity contribution in [2.24, 2.45) is 0 Å². The second kappa shape index (κ2) is 3.09. The van der Waals surface area contributed by atoms with Crippen LogP contribution in [0.2, 0.25) is 0 Å². The first-order valence-electron chi connectivity index (χ1n) is 4.79. The Labute approximate surface area is 92.0 Å². The van der Waals surface area contributed by atoms with Crippen molar-refractivity contribution in [1.82, 2.24) is 0 Å². The SMILES string of the molecule is O=C1C=C[C@H]2O[C@@H]1CC21[S@](=O)CC[S@@]1=O. The second-order valence-corrected chi connectivity index (χ2v) is 7.84. The maximum Gasteiger partial charge on any atom is 0.184 e. The summed E-state index contributed by atoms with van der Waals surface area (Å²) < 4.78 is 28.6. The molecule has 0 aromatic carbocycles. The lowest BCUT2D eigenvalue weighted by molar-refractivity contribution is -0.125. The van der Waals surface area contributed by atoms with Crippen molar-refractivity contribution >= 4 is 27.4 Å². The van der Waals surface area contributed by atoms with Crippen molar-refractivity contribution in [3.8, 4) is 0 Å². The van der Waals surface area contributed by atoms with Crippen LogP contribution >= 0.6 is 0 Å². The van der Waals surface area contributed by atoms with Crippen LogP contribution in [0.3, 0.4) is 0 Å². The van der Waals surface area contributed by atoms with E-state index in [0.29, 0.717) is 17.9 Å². The Bertz CT molecular complexity index is 398. The third kappa shape index (κ3) is 1.13. The monoisotopic (exact) mass is 246 g/mol. The van der Waals surface area contributed by atoms with E-state index in [1.807, 2.05) is 0 Å². The number of hydrogen-bond donors (Lipinski definition) is 0. The largest absolute Gasteiger partial charge is 0.360 e. The van der Waals surface area contributed by atoms with Crippen LogP contribution in [0.4, 0.5) is 0 Å². The summed E-state index contributed by atoms with van der Waals surface area (Å²) >= 11 is 0. The molecule has 0 N–H and O–H groups in total. The van der Waals surface area contributed by atoms with Crippen LogP contribution in [0.1, 0.15) is 6.42 Å². The molecule has 0 aliphatic carbocycles. The molecule has 3 rings (SSSR count). The topological polar surface area (TPSA) is 60.4 Å². The summed E-state index contributed by atoms with van der Waals surface area (Å²) in [5, 5.41) is 0. The van der Waals surface area contributed by atoms with E-state index in [1.54, 1.807) is 6.08 Å². The molecule has 2 bridgehead atoms. The molecule has 82 valence electrons. The van der Waals surface area contributed by atoms with Crippen molar-refractivity contribution in [2.45, 2.75) is 22.7 Å². The van der Waals surface area contributed by atoms with Gasteiger partial charge in [0, 0.05) is 39.5 Å². The zero-order valence-corrected chi connectivity index (χ0v) is 9.51. The summed E-state index contributed by atoms with van der Waals surface area (Å²) in [7, 11) is -2.28. The number of carbonyl (C=O) groups excluding carboxylic acids is 1. The lowest BCUT2D eigenvalue weighted by atomic mass is 10.2. The molecule has 6 heteroatoms. The van der Waals surface area contributed by atoms with Gasteiger partial charge in [-0.15, -0.1) is 0 Å². The predicted octanol–water partition coefficient (Wildman–Crippen LogP) is -0.510. The molecule has 0 radical (unpaired) electrons. The Morgan fingerprint density at radius 2 is 2.00 bits per heavy atom. The van der Waals surface area contributed by atoms with Crippen LogP contribution in [-0.4, -0.2) is 42.0 Å². The summed E-state index contributed by atoms with van der Waals surface area (Å²) in [6, 6.07) is 0. The molecule has 3 heterocycles. The average Bonchev–Trinajstić information content (AvgIpc) is 2.69. The van der Waals surface area contributed by atoms with Gasteiger partial charge in [0.15, 0.2) is 9.86 Å². The molecule has 3 aliphatic heterocycles. The molecule has 15 heavy (non-hydrogen) atoms. The van der Waals surface area contributed by atoms with Crippen molar-refractivity contribution in [2.75, 3.05) is 11.5 Å². The normalized spacial score (nSPS) is 52.9. The van der Waals surface area contributed by atoms with Gasteiger partial charge in [-0.1, -0.05) is 0 Å². The lowest BCUT2D eigenvalue weighted by Crippen LogP contribution is -2.41. The molecule has 1 unspecified atom stereocenters. The Kier molecular flexibility index (Phi) is 2.03. The molecule has 2 saturated heterocycles. The molecule has 0 amide bonds. The summed E-state index contributed by atoms with van der Waals surface area (Å²) in [6.45, 7) is 0. The van der Waals surface area contributed by atoms with Crippen LogP contribution < -0.4 is 0 Å². The molecular formula is C9H10O4S2. The van der Waals surface area contributed by atoms with Gasteiger partial charge in [0.1, 0.15) is 12.2 Å². The van der Waals surface area contributed by atoms with Crippen LogP contribution in [0.25, 0.3) is 0 Å². The highest BCUT2D eigenvalue weighted by Gasteiger charge is 2.61. The van der Waals surface area contributed by atoms with E-state index >= 15 is 0 Å². The molecular weight excluding hydrogens is 236 g/mol. The van der Waals surface area contributed by atoms with Gasteiger partial charge >= 0.3 is 0 Å². The number of fused-ring (bicyclic) bond motifs is 3. The van der Waals surface area contributed by atoms with E-state index in [9.17, 15) is 13.2 Å². The first-order chi connectivity index (χ1) is 7.14.